The van der Waals surface area contributed by atoms with Gasteiger partial charge in [0.1, 0.15) is 5.75 Å². The number of nitrogens with zero attached hydrogens (tertiary/aromatic N) is 2. The summed E-state index contributed by atoms with van der Waals surface area (Å²) in [6, 6.07) is 7.73. The van der Waals surface area contributed by atoms with Crippen molar-refractivity contribution >= 4 is 35.8 Å². The number of guanidine groups is 1. The average Bonchev–Trinajstić information content (AvgIpc) is 2.69. The molecule has 0 atom stereocenters. The average molecular weight is 532 g/mol. The van der Waals surface area contributed by atoms with Gasteiger partial charge in [-0.05, 0) is 49.3 Å². The zero-order chi connectivity index (χ0) is 21.1. The van der Waals surface area contributed by atoms with Gasteiger partial charge in [0, 0.05) is 40.9 Å². The van der Waals surface area contributed by atoms with Crippen LogP contribution in [0.1, 0.15) is 38.2 Å². The molecule has 1 aliphatic carbocycles. The summed E-state index contributed by atoms with van der Waals surface area (Å²) in [5.41, 5.74) is 1.37. The third-order valence-electron chi connectivity index (χ3n) is 5.41. The second-order valence-electron chi connectivity index (χ2n) is 7.87. The summed E-state index contributed by atoms with van der Waals surface area (Å²) in [6.45, 7) is 5.17. The van der Waals surface area contributed by atoms with Crippen LogP contribution >= 0.6 is 24.0 Å². The molecule has 0 aliphatic heterocycles. The van der Waals surface area contributed by atoms with E-state index in [1.54, 1.807) is 21.2 Å². The lowest BCUT2D eigenvalue weighted by Crippen LogP contribution is -2.46. The number of amides is 1. The third-order valence-corrected chi connectivity index (χ3v) is 5.41. The van der Waals surface area contributed by atoms with Crippen molar-refractivity contribution in [2.45, 2.75) is 39.2 Å². The molecular weight excluding hydrogens is 495 g/mol. The van der Waals surface area contributed by atoms with Gasteiger partial charge in [-0.15, -0.1) is 24.0 Å². The van der Waals surface area contributed by atoms with Crippen LogP contribution in [-0.2, 0) is 16.1 Å². The number of hydrogen-bond acceptors (Lipinski definition) is 4. The summed E-state index contributed by atoms with van der Waals surface area (Å²) in [5, 5.41) is 6.83. The van der Waals surface area contributed by atoms with E-state index in [9.17, 15) is 4.79 Å². The Morgan fingerprint density at radius 3 is 2.63 bits per heavy atom. The van der Waals surface area contributed by atoms with Crippen molar-refractivity contribution in [3.63, 3.8) is 0 Å². The predicted octanol–water partition coefficient (Wildman–Crippen LogP) is 3.03. The number of ether oxygens (including phenoxy) is 2. The van der Waals surface area contributed by atoms with Gasteiger partial charge >= 0.3 is 0 Å². The highest BCUT2D eigenvalue weighted by molar-refractivity contribution is 14.0. The van der Waals surface area contributed by atoms with Crippen LogP contribution in [-0.4, -0.2) is 64.3 Å². The Morgan fingerprint density at radius 1 is 1.27 bits per heavy atom. The number of rotatable bonds is 11. The first-order valence-electron chi connectivity index (χ1n) is 10.4. The molecule has 1 aromatic rings. The maximum atomic E-state index is 11.7. The van der Waals surface area contributed by atoms with Crippen LogP contribution in [0, 0.1) is 5.41 Å². The number of carbonyl (C=O) groups is 1. The van der Waals surface area contributed by atoms with E-state index in [1.165, 1.54) is 24.2 Å². The molecule has 30 heavy (non-hydrogen) atoms. The Hall–Kier alpha value is -1.55. The van der Waals surface area contributed by atoms with E-state index < -0.39 is 0 Å². The number of benzene rings is 1. The Bertz CT molecular complexity index is 678. The number of carbonyl (C=O) groups excluding carboxylic acids is 1. The largest absolute Gasteiger partial charge is 0.484 e. The van der Waals surface area contributed by atoms with E-state index in [1.807, 2.05) is 24.3 Å². The molecule has 0 aromatic heterocycles. The molecule has 1 saturated carbocycles. The topological polar surface area (TPSA) is 75.2 Å². The molecule has 170 valence electrons. The minimum atomic E-state index is -0.0644. The highest BCUT2D eigenvalue weighted by Gasteiger charge is 2.36. The fourth-order valence-electron chi connectivity index (χ4n) is 3.30. The lowest BCUT2D eigenvalue weighted by molar-refractivity contribution is -0.130. The van der Waals surface area contributed by atoms with Crippen molar-refractivity contribution in [1.82, 2.24) is 15.5 Å². The minimum Gasteiger partial charge on any atom is -0.484 e. The maximum Gasteiger partial charge on any atom is 0.259 e. The van der Waals surface area contributed by atoms with Gasteiger partial charge in [0.2, 0.25) is 0 Å². The quantitative estimate of drug-likeness (QED) is 0.261. The molecule has 2 rings (SSSR count). The second kappa shape index (κ2) is 13.7. The summed E-state index contributed by atoms with van der Waals surface area (Å²) >= 11 is 0. The first-order valence-corrected chi connectivity index (χ1v) is 10.4. The van der Waals surface area contributed by atoms with E-state index in [2.05, 4.69) is 17.6 Å². The zero-order valence-corrected chi connectivity index (χ0v) is 21.0. The summed E-state index contributed by atoms with van der Waals surface area (Å²) in [6.07, 6.45) is 4.87. The highest BCUT2D eigenvalue weighted by atomic mass is 127. The van der Waals surface area contributed by atoms with Crippen LogP contribution in [0.15, 0.2) is 29.3 Å². The Balaban J connectivity index is 0.00000450. The molecule has 0 unspecified atom stereocenters. The summed E-state index contributed by atoms with van der Waals surface area (Å²) in [7, 11) is 5.20. The van der Waals surface area contributed by atoms with Gasteiger partial charge < -0.3 is 25.0 Å². The Kier molecular flexibility index (Phi) is 12.1. The molecular formula is C22H37IN4O3. The zero-order valence-electron chi connectivity index (χ0n) is 18.7. The molecule has 2 N–H and O–H groups in total. The fourth-order valence-corrected chi connectivity index (χ4v) is 3.30. The van der Waals surface area contributed by atoms with E-state index in [0.29, 0.717) is 17.7 Å². The van der Waals surface area contributed by atoms with E-state index >= 15 is 0 Å². The lowest BCUT2D eigenvalue weighted by Gasteiger charge is -2.42. The Morgan fingerprint density at radius 2 is 2.03 bits per heavy atom. The number of likely N-dealkylation sites (N-methyl/N-ethyl adjacent to an activating group) is 1. The van der Waals surface area contributed by atoms with E-state index in [0.717, 1.165) is 37.6 Å². The predicted molar refractivity (Wildman–Crippen MR) is 132 cm³/mol. The molecule has 0 saturated heterocycles. The van der Waals surface area contributed by atoms with Crippen LogP contribution in [0.4, 0.5) is 0 Å². The van der Waals surface area contributed by atoms with E-state index in [-0.39, 0.29) is 36.5 Å². The molecule has 0 bridgehead atoms. The monoisotopic (exact) mass is 532 g/mol. The minimum absolute atomic E-state index is 0. The number of hydrogen-bond donors (Lipinski definition) is 2. The van der Waals surface area contributed by atoms with Crippen LogP contribution in [0.25, 0.3) is 0 Å². The molecule has 0 heterocycles. The smallest absolute Gasteiger partial charge is 0.259 e. The lowest BCUT2D eigenvalue weighted by atomic mass is 9.67. The summed E-state index contributed by atoms with van der Waals surface area (Å²) in [4.78, 5) is 17.9. The normalized spacial score (nSPS) is 14.9. The van der Waals surface area contributed by atoms with E-state index in [4.69, 9.17) is 14.5 Å². The van der Waals surface area contributed by atoms with Gasteiger partial charge in [-0.3, -0.25) is 4.79 Å². The van der Waals surface area contributed by atoms with Crippen molar-refractivity contribution in [3.8, 4) is 5.75 Å². The summed E-state index contributed by atoms with van der Waals surface area (Å²) in [5.74, 6) is 1.44. The van der Waals surface area contributed by atoms with Crippen molar-refractivity contribution in [1.29, 1.82) is 0 Å². The van der Waals surface area contributed by atoms with Crippen LogP contribution in [0.5, 0.6) is 5.75 Å². The van der Waals surface area contributed by atoms with Gasteiger partial charge in [-0.25, -0.2) is 4.99 Å². The molecule has 0 radical (unpaired) electrons. The van der Waals surface area contributed by atoms with Crippen LogP contribution in [0.2, 0.25) is 0 Å². The SMILES string of the molecule is CCNC(=NCc1cccc(OCC(=O)N(C)C)c1)NCC1(CCOC)CCC1.I. The Labute approximate surface area is 198 Å². The van der Waals surface area contributed by atoms with Crippen molar-refractivity contribution < 1.29 is 14.3 Å². The van der Waals surface area contributed by atoms with Gasteiger partial charge in [0.05, 0.1) is 6.54 Å². The maximum absolute atomic E-state index is 11.7. The first-order chi connectivity index (χ1) is 14.0. The highest BCUT2D eigenvalue weighted by Crippen LogP contribution is 2.43. The number of halogens is 1. The van der Waals surface area contributed by atoms with Gasteiger partial charge in [-0.2, -0.15) is 0 Å². The molecule has 8 heteroatoms. The molecule has 1 aliphatic rings. The van der Waals surface area contributed by atoms with Gasteiger partial charge in [-0.1, -0.05) is 18.6 Å². The van der Waals surface area contributed by atoms with Crippen molar-refractivity contribution in [2.75, 3.05) is 47.5 Å². The molecule has 1 amide bonds. The van der Waals surface area contributed by atoms with Gasteiger partial charge in [0.15, 0.2) is 12.6 Å². The second-order valence-corrected chi connectivity index (χ2v) is 7.87. The first kappa shape index (κ1) is 26.5. The number of nitrogens with one attached hydrogen (secondary N) is 2. The van der Waals surface area contributed by atoms with Crippen molar-refractivity contribution in [3.05, 3.63) is 29.8 Å². The fraction of sp³-hybridized carbons (Fsp3) is 0.636. The van der Waals surface area contributed by atoms with Gasteiger partial charge in [0.25, 0.3) is 5.91 Å². The number of aliphatic imine (C=N–C) groups is 1. The molecule has 0 spiro atoms. The number of methoxy groups -OCH3 is 1. The van der Waals surface area contributed by atoms with Crippen LogP contribution in [0.3, 0.4) is 0 Å². The van der Waals surface area contributed by atoms with Crippen molar-refractivity contribution in [2.24, 2.45) is 10.4 Å². The van der Waals surface area contributed by atoms with Crippen LogP contribution < -0.4 is 15.4 Å². The third kappa shape index (κ3) is 8.67. The molecule has 7 nitrogen and oxygen atoms in total. The standard InChI is InChI=1S/C22H36N4O3.HI/c1-5-23-21(25-17-22(10-7-11-22)12-13-28-4)24-15-18-8-6-9-19(14-18)29-16-20(27)26(2)3;/h6,8-9,14H,5,7,10-13,15-17H2,1-4H3,(H2,23,24,25);1H. The molecule has 1 fully saturated rings. The summed E-state index contributed by atoms with van der Waals surface area (Å²) < 4.78 is 10.9. The molecule has 1 aromatic carbocycles.